The Morgan fingerprint density at radius 1 is 1.20 bits per heavy atom. The van der Waals surface area contributed by atoms with E-state index in [0.29, 0.717) is 5.56 Å². The number of hydrogen-bond acceptors (Lipinski definition) is 5. The van der Waals surface area contributed by atoms with Gasteiger partial charge in [-0.25, -0.2) is 8.42 Å². The van der Waals surface area contributed by atoms with Gasteiger partial charge in [0.15, 0.2) is 5.78 Å². The fourth-order valence-corrected chi connectivity index (χ4v) is 3.97. The van der Waals surface area contributed by atoms with E-state index in [0.717, 1.165) is 10.4 Å². The molecule has 132 valence electrons. The first-order valence-electron chi connectivity index (χ1n) is 7.32. The number of hydrogen-bond donors (Lipinski definition) is 2. The summed E-state index contributed by atoms with van der Waals surface area (Å²) in [6.45, 7) is 3.18. The molecule has 6 nitrogen and oxygen atoms in total. The van der Waals surface area contributed by atoms with E-state index in [9.17, 15) is 18.0 Å². The number of rotatable bonds is 7. The van der Waals surface area contributed by atoms with E-state index in [-0.39, 0.29) is 10.7 Å². The minimum absolute atomic E-state index is 0.102. The predicted molar refractivity (Wildman–Crippen MR) is 96.3 cm³/mol. The Morgan fingerprint density at radius 2 is 1.84 bits per heavy atom. The quantitative estimate of drug-likeness (QED) is 0.569. The number of thiophene rings is 1. The van der Waals surface area contributed by atoms with Gasteiger partial charge >= 0.3 is 5.97 Å². The molecule has 2 rings (SSSR count). The summed E-state index contributed by atoms with van der Waals surface area (Å²) in [6.07, 6.45) is 3.16. The molecule has 0 saturated carbocycles. The average Bonchev–Trinajstić information content (AvgIpc) is 2.97. The highest BCUT2D eigenvalue weighted by molar-refractivity contribution is 7.89. The lowest BCUT2D eigenvalue weighted by Gasteiger charge is -2.10. The van der Waals surface area contributed by atoms with Crippen LogP contribution in [0.25, 0.3) is 6.08 Å². The van der Waals surface area contributed by atoms with Crippen LogP contribution in [0.2, 0.25) is 0 Å². The van der Waals surface area contributed by atoms with Gasteiger partial charge in [-0.05, 0) is 67.3 Å². The van der Waals surface area contributed by atoms with Gasteiger partial charge in [-0.3, -0.25) is 9.59 Å². The van der Waals surface area contributed by atoms with Crippen LogP contribution >= 0.6 is 11.3 Å². The van der Waals surface area contributed by atoms with Gasteiger partial charge in [0.1, 0.15) is 6.04 Å². The number of ketones is 1. The van der Waals surface area contributed by atoms with Gasteiger partial charge in [-0.15, -0.1) is 11.3 Å². The van der Waals surface area contributed by atoms with E-state index in [1.54, 1.807) is 6.08 Å². The number of sulfonamides is 1. The summed E-state index contributed by atoms with van der Waals surface area (Å²) in [5, 5.41) is 10.7. The van der Waals surface area contributed by atoms with Crippen molar-refractivity contribution in [1.29, 1.82) is 0 Å². The highest BCUT2D eigenvalue weighted by Gasteiger charge is 2.21. The molecule has 2 aromatic rings. The van der Waals surface area contributed by atoms with Crippen LogP contribution in [-0.4, -0.2) is 31.3 Å². The monoisotopic (exact) mass is 379 g/mol. The molecule has 2 N–H and O–H groups in total. The normalized spacial score (nSPS) is 13.0. The summed E-state index contributed by atoms with van der Waals surface area (Å²) in [6, 6.07) is 6.05. The lowest BCUT2D eigenvalue weighted by atomic mass is 10.1. The minimum Gasteiger partial charge on any atom is -0.480 e. The van der Waals surface area contributed by atoms with Crippen molar-refractivity contribution in [3.05, 3.63) is 57.8 Å². The Labute approximate surface area is 149 Å². The van der Waals surface area contributed by atoms with Crippen molar-refractivity contribution in [2.24, 2.45) is 0 Å². The second-order valence-electron chi connectivity index (χ2n) is 5.37. The van der Waals surface area contributed by atoms with Crippen molar-refractivity contribution in [1.82, 2.24) is 4.72 Å². The molecule has 1 aromatic carbocycles. The number of allylic oxidation sites excluding steroid dienone is 1. The Morgan fingerprint density at radius 3 is 2.36 bits per heavy atom. The van der Waals surface area contributed by atoms with Crippen LogP contribution in [0.4, 0.5) is 0 Å². The van der Waals surface area contributed by atoms with Gasteiger partial charge in [0.2, 0.25) is 10.0 Å². The molecule has 1 atom stereocenters. The minimum atomic E-state index is -3.96. The molecule has 0 aliphatic rings. The van der Waals surface area contributed by atoms with Crippen LogP contribution in [0, 0.1) is 6.92 Å². The summed E-state index contributed by atoms with van der Waals surface area (Å²) in [4.78, 5) is 23.8. The molecular weight excluding hydrogens is 362 g/mol. The third-order valence-electron chi connectivity index (χ3n) is 3.44. The van der Waals surface area contributed by atoms with Crippen molar-refractivity contribution >= 4 is 39.2 Å². The molecule has 0 aliphatic heterocycles. The van der Waals surface area contributed by atoms with Gasteiger partial charge in [0.05, 0.1) is 4.90 Å². The molecule has 0 aliphatic carbocycles. The Kier molecular flexibility index (Phi) is 5.89. The molecule has 0 fully saturated rings. The second kappa shape index (κ2) is 7.73. The number of aryl methyl sites for hydroxylation is 1. The molecule has 0 spiro atoms. The maximum atomic E-state index is 12.2. The lowest BCUT2D eigenvalue weighted by Crippen LogP contribution is -2.38. The third-order valence-corrected chi connectivity index (χ3v) is 5.98. The zero-order valence-electron chi connectivity index (χ0n) is 13.6. The molecule has 0 bridgehead atoms. The molecule has 0 radical (unpaired) electrons. The Bertz CT molecular complexity index is 911. The number of nitrogens with one attached hydrogen (secondary N) is 1. The summed E-state index contributed by atoms with van der Waals surface area (Å²) in [7, 11) is -3.96. The topological polar surface area (TPSA) is 101 Å². The van der Waals surface area contributed by atoms with Gasteiger partial charge in [0.25, 0.3) is 0 Å². The molecule has 0 amide bonds. The molecule has 25 heavy (non-hydrogen) atoms. The van der Waals surface area contributed by atoms with Crippen molar-refractivity contribution in [3.63, 3.8) is 0 Å². The predicted octanol–water partition coefficient (Wildman–Crippen LogP) is 2.70. The van der Waals surface area contributed by atoms with Crippen molar-refractivity contribution in [2.75, 3.05) is 0 Å². The Hall–Kier alpha value is -2.29. The maximum Gasteiger partial charge on any atom is 0.321 e. The molecule has 0 unspecified atom stereocenters. The highest BCUT2D eigenvalue weighted by atomic mass is 32.2. The zero-order chi connectivity index (χ0) is 18.6. The first-order chi connectivity index (χ1) is 11.7. The fourth-order valence-electron chi connectivity index (χ4n) is 1.95. The molecule has 1 heterocycles. The van der Waals surface area contributed by atoms with Crippen LogP contribution in [-0.2, 0) is 14.8 Å². The number of carboxylic acid groups (broad SMARTS) is 1. The number of carboxylic acids is 1. The van der Waals surface area contributed by atoms with Gasteiger partial charge in [-0.1, -0.05) is 0 Å². The first-order valence-corrected chi connectivity index (χ1v) is 9.68. The number of carbonyl (C=O) groups is 2. The van der Waals surface area contributed by atoms with E-state index in [4.69, 9.17) is 5.11 Å². The SMILES string of the molecule is Cc1ccsc1/C=C/C(=O)c1ccc(S(=O)(=O)N[C@@H](C)C(=O)O)cc1. The Balaban J connectivity index is 2.14. The van der Waals surface area contributed by atoms with Crippen LogP contribution < -0.4 is 4.72 Å². The first kappa shape index (κ1) is 19.0. The summed E-state index contributed by atoms with van der Waals surface area (Å²) in [5.74, 6) is -1.52. The van der Waals surface area contributed by atoms with E-state index >= 15 is 0 Å². The van der Waals surface area contributed by atoms with Crippen LogP contribution in [0.3, 0.4) is 0 Å². The summed E-state index contributed by atoms with van der Waals surface area (Å²) >= 11 is 1.53. The second-order valence-corrected chi connectivity index (χ2v) is 8.03. The largest absolute Gasteiger partial charge is 0.480 e. The number of carbonyl (C=O) groups excluding carboxylic acids is 1. The van der Waals surface area contributed by atoms with E-state index < -0.39 is 22.0 Å². The molecule has 0 saturated heterocycles. The third kappa shape index (κ3) is 4.85. The van der Waals surface area contributed by atoms with Gasteiger partial charge in [-0.2, -0.15) is 4.72 Å². The molecular formula is C17H17NO5S2. The summed E-state index contributed by atoms with van der Waals surface area (Å²) in [5.41, 5.74) is 1.42. The lowest BCUT2D eigenvalue weighted by molar-refractivity contribution is -0.138. The van der Waals surface area contributed by atoms with E-state index in [1.807, 2.05) is 23.1 Å². The van der Waals surface area contributed by atoms with Crippen LogP contribution in [0.15, 0.2) is 46.7 Å². The van der Waals surface area contributed by atoms with Crippen LogP contribution in [0.1, 0.15) is 27.7 Å². The zero-order valence-corrected chi connectivity index (χ0v) is 15.2. The maximum absolute atomic E-state index is 12.2. The fraction of sp³-hybridized carbons (Fsp3) is 0.176. The molecule has 1 aromatic heterocycles. The standard InChI is InChI=1S/C17H17NO5S2/c1-11-9-10-24-16(11)8-7-15(19)13-3-5-14(6-4-13)25(22,23)18-12(2)17(20)21/h3-10,12,18H,1-2H3,(H,20,21)/b8-7+/t12-/m0/s1. The van der Waals surface area contributed by atoms with Gasteiger partial charge < -0.3 is 5.11 Å². The van der Waals surface area contributed by atoms with Crippen molar-refractivity contribution in [3.8, 4) is 0 Å². The van der Waals surface area contributed by atoms with Gasteiger partial charge in [0, 0.05) is 10.4 Å². The summed E-state index contributed by atoms with van der Waals surface area (Å²) < 4.78 is 26.2. The molecule has 8 heteroatoms. The highest BCUT2D eigenvalue weighted by Crippen LogP contribution is 2.18. The van der Waals surface area contributed by atoms with E-state index in [1.165, 1.54) is 48.6 Å². The number of aliphatic carboxylic acids is 1. The average molecular weight is 379 g/mol. The van der Waals surface area contributed by atoms with Crippen molar-refractivity contribution in [2.45, 2.75) is 24.8 Å². The number of benzene rings is 1. The van der Waals surface area contributed by atoms with E-state index in [2.05, 4.69) is 0 Å². The van der Waals surface area contributed by atoms with Crippen LogP contribution in [0.5, 0.6) is 0 Å². The smallest absolute Gasteiger partial charge is 0.321 e. The van der Waals surface area contributed by atoms with Crippen molar-refractivity contribution < 1.29 is 23.1 Å².